The summed E-state index contributed by atoms with van der Waals surface area (Å²) < 4.78 is 0. The number of hydrogen-bond donors (Lipinski definition) is 6. The van der Waals surface area contributed by atoms with E-state index < -0.39 is 11.9 Å². The number of benzene rings is 2. The highest BCUT2D eigenvalue weighted by Crippen LogP contribution is 2.24. The maximum Gasteiger partial charge on any atom is 0.328 e. The van der Waals surface area contributed by atoms with Crippen LogP contribution in [0.1, 0.15) is 11.1 Å². The van der Waals surface area contributed by atoms with Crippen LogP contribution in [0, 0.1) is 0 Å². The van der Waals surface area contributed by atoms with Crippen LogP contribution in [-0.4, -0.2) is 42.6 Å². The largest absolute Gasteiger partial charge is 0.508 e. The summed E-state index contributed by atoms with van der Waals surface area (Å²) in [6.45, 7) is 0. The molecule has 0 bridgehead atoms. The van der Waals surface area contributed by atoms with Crippen LogP contribution in [0.3, 0.4) is 0 Å². The molecule has 0 saturated carbocycles. The molecule has 0 unspecified atom stereocenters. The van der Waals surface area contributed by atoms with Gasteiger partial charge < -0.3 is 30.6 Å². The molecule has 0 saturated heterocycles. The third-order valence-corrected chi connectivity index (χ3v) is 2.84. The van der Waals surface area contributed by atoms with Gasteiger partial charge in [-0.2, -0.15) is 0 Å². The number of carbonyl (C=O) groups is 2. The van der Waals surface area contributed by atoms with E-state index in [1.807, 2.05) is 0 Å². The van der Waals surface area contributed by atoms with Crippen molar-refractivity contribution in [2.24, 2.45) is 0 Å². The van der Waals surface area contributed by atoms with E-state index >= 15 is 0 Å². The van der Waals surface area contributed by atoms with Gasteiger partial charge in [-0.1, -0.05) is 0 Å². The Hall–Kier alpha value is -3.94. The van der Waals surface area contributed by atoms with E-state index in [1.54, 1.807) is 0 Å². The number of phenolic OH excluding ortho intramolecular Hbond substituents is 4. The van der Waals surface area contributed by atoms with Gasteiger partial charge in [-0.3, -0.25) is 0 Å². The highest BCUT2D eigenvalue weighted by molar-refractivity contribution is 5.86. The summed E-state index contributed by atoms with van der Waals surface area (Å²) in [7, 11) is 0. The van der Waals surface area contributed by atoms with Gasteiger partial charge in [0, 0.05) is 35.4 Å². The van der Waals surface area contributed by atoms with E-state index in [4.69, 9.17) is 20.4 Å². The summed E-state index contributed by atoms with van der Waals surface area (Å²) in [5, 5.41) is 52.8. The van der Waals surface area contributed by atoms with E-state index in [0.717, 1.165) is 24.3 Å². The summed E-state index contributed by atoms with van der Waals surface area (Å²) in [6, 6.07) is 7.85. The quantitative estimate of drug-likeness (QED) is 0.454. The SMILES string of the molecule is O=C(O)C=Cc1ccc(O)cc1O.O=C(O)C=Cc1ccc(O)cc1O. The third kappa shape index (κ3) is 7.09. The molecule has 26 heavy (non-hydrogen) atoms. The van der Waals surface area contributed by atoms with Crippen molar-refractivity contribution in [2.75, 3.05) is 0 Å². The minimum Gasteiger partial charge on any atom is -0.508 e. The molecule has 2 aromatic rings. The predicted octanol–water partition coefficient (Wildman–Crippen LogP) is 2.39. The second-order valence-corrected chi connectivity index (χ2v) is 4.83. The zero-order chi connectivity index (χ0) is 19.7. The second kappa shape index (κ2) is 9.38. The first-order chi connectivity index (χ1) is 12.2. The van der Waals surface area contributed by atoms with Gasteiger partial charge in [0.15, 0.2) is 0 Å². The molecule has 0 heterocycles. The van der Waals surface area contributed by atoms with Gasteiger partial charge in [-0.25, -0.2) is 9.59 Å². The zero-order valence-corrected chi connectivity index (χ0v) is 13.3. The molecule has 0 atom stereocenters. The average molecular weight is 360 g/mol. The van der Waals surface area contributed by atoms with Gasteiger partial charge in [-0.15, -0.1) is 0 Å². The number of aromatic hydroxyl groups is 4. The summed E-state index contributed by atoms with van der Waals surface area (Å²) in [5.74, 6) is -2.62. The Balaban J connectivity index is 0.000000260. The maximum absolute atomic E-state index is 10.1. The van der Waals surface area contributed by atoms with Crippen molar-refractivity contribution in [3.63, 3.8) is 0 Å². The molecule has 8 heteroatoms. The maximum atomic E-state index is 10.1. The molecule has 2 rings (SSSR count). The lowest BCUT2D eigenvalue weighted by Crippen LogP contribution is -1.85. The van der Waals surface area contributed by atoms with E-state index in [0.29, 0.717) is 11.1 Å². The van der Waals surface area contributed by atoms with E-state index in [1.165, 1.54) is 36.4 Å². The monoisotopic (exact) mass is 360 g/mol. The van der Waals surface area contributed by atoms with Crippen LogP contribution in [0.15, 0.2) is 48.6 Å². The highest BCUT2D eigenvalue weighted by Gasteiger charge is 1.99. The standard InChI is InChI=1S/2C9H8O4/c2*10-7-3-1-6(8(11)5-7)2-4-9(12)13/h2*1-5,10-11H,(H,12,13). The number of phenols is 4. The predicted molar refractivity (Wildman–Crippen MR) is 92.9 cm³/mol. The lowest BCUT2D eigenvalue weighted by molar-refractivity contribution is -0.132. The Labute approximate surface area is 147 Å². The molecular weight excluding hydrogens is 344 g/mol. The molecule has 0 aromatic heterocycles. The minimum absolute atomic E-state index is 0.0648. The van der Waals surface area contributed by atoms with E-state index in [2.05, 4.69) is 0 Å². The van der Waals surface area contributed by atoms with E-state index in [9.17, 15) is 19.8 Å². The number of aliphatic carboxylic acids is 2. The topological polar surface area (TPSA) is 156 Å². The van der Waals surface area contributed by atoms with Crippen LogP contribution in [0.5, 0.6) is 23.0 Å². The Morgan fingerprint density at radius 1 is 0.654 bits per heavy atom. The highest BCUT2D eigenvalue weighted by atomic mass is 16.4. The van der Waals surface area contributed by atoms with Crippen molar-refractivity contribution in [1.82, 2.24) is 0 Å². The van der Waals surface area contributed by atoms with Crippen molar-refractivity contribution in [3.05, 3.63) is 59.7 Å². The molecule has 8 nitrogen and oxygen atoms in total. The van der Waals surface area contributed by atoms with Crippen molar-refractivity contribution < 1.29 is 40.2 Å². The molecule has 0 amide bonds. The molecule has 0 aliphatic heterocycles. The molecule has 0 aliphatic carbocycles. The average Bonchev–Trinajstić information content (AvgIpc) is 2.53. The fraction of sp³-hybridized carbons (Fsp3) is 0. The van der Waals surface area contributed by atoms with Gasteiger partial charge in [0.2, 0.25) is 0 Å². The molecule has 0 fully saturated rings. The summed E-state index contributed by atoms with van der Waals surface area (Å²) >= 11 is 0. The van der Waals surface area contributed by atoms with Gasteiger partial charge >= 0.3 is 11.9 Å². The van der Waals surface area contributed by atoms with Crippen LogP contribution in [0.25, 0.3) is 12.2 Å². The number of rotatable bonds is 4. The third-order valence-electron chi connectivity index (χ3n) is 2.84. The molecule has 0 aliphatic rings. The van der Waals surface area contributed by atoms with Crippen LogP contribution in [0.4, 0.5) is 0 Å². The van der Waals surface area contributed by atoms with Crippen molar-refractivity contribution in [2.45, 2.75) is 0 Å². The second-order valence-electron chi connectivity index (χ2n) is 4.83. The Bertz CT molecular complexity index is 781. The minimum atomic E-state index is -1.09. The molecule has 136 valence electrons. The van der Waals surface area contributed by atoms with E-state index in [-0.39, 0.29) is 23.0 Å². The Kier molecular flexibility index (Phi) is 7.25. The number of hydrogen-bond acceptors (Lipinski definition) is 6. The number of carboxylic acids is 2. The van der Waals surface area contributed by atoms with Gasteiger partial charge in [0.25, 0.3) is 0 Å². The summed E-state index contributed by atoms with van der Waals surface area (Å²) in [5.41, 5.74) is 0.695. The lowest BCUT2D eigenvalue weighted by atomic mass is 10.2. The lowest BCUT2D eigenvalue weighted by Gasteiger charge is -1.98. The first kappa shape index (κ1) is 20.1. The molecular formula is C18H16O8. The summed E-state index contributed by atoms with van der Waals surface area (Å²) in [4.78, 5) is 20.3. The smallest absolute Gasteiger partial charge is 0.328 e. The zero-order valence-electron chi connectivity index (χ0n) is 13.3. The van der Waals surface area contributed by atoms with Gasteiger partial charge in [0.05, 0.1) is 0 Å². The number of carboxylic acid groups (broad SMARTS) is 2. The first-order valence-corrected chi connectivity index (χ1v) is 7.05. The van der Waals surface area contributed by atoms with Crippen LogP contribution in [-0.2, 0) is 9.59 Å². The van der Waals surface area contributed by atoms with Crippen LogP contribution >= 0.6 is 0 Å². The van der Waals surface area contributed by atoms with Gasteiger partial charge in [0.1, 0.15) is 23.0 Å². The molecule has 6 N–H and O–H groups in total. The normalized spacial score (nSPS) is 10.5. The fourth-order valence-electron chi connectivity index (χ4n) is 1.67. The Morgan fingerprint density at radius 3 is 1.27 bits per heavy atom. The van der Waals surface area contributed by atoms with Crippen LogP contribution < -0.4 is 0 Å². The molecule has 0 radical (unpaired) electrons. The van der Waals surface area contributed by atoms with Crippen molar-refractivity contribution in [1.29, 1.82) is 0 Å². The van der Waals surface area contributed by atoms with Crippen LogP contribution in [0.2, 0.25) is 0 Å². The fourth-order valence-corrected chi connectivity index (χ4v) is 1.67. The Morgan fingerprint density at radius 2 is 1.00 bits per heavy atom. The summed E-state index contributed by atoms with van der Waals surface area (Å²) in [6.07, 6.45) is 4.31. The molecule has 0 spiro atoms. The molecule has 2 aromatic carbocycles. The first-order valence-electron chi connectivity index (χ1n) is 7.05. The van der Waals surface area contributed by atoms with Crippen molar-refractivity contribution in [3.8, 4) is 23.0 Å². The van der Waals surface area contributed by atoms with Gasteiger partial charge in [-0.05, 0) is 36.4 Å². The van der Waals surface area contributed by atoms with Crippen molar-refractivity contribution >= 4 is 24.1 Å².